The van der Waals surface area contributed by atoms with Crippen molar-refractivity contribution in [3.05, 3.63) is 29.3 Å². The molecule has 0 aliphatic rings. The predicted octanol–water partition coefficient (Wildman–Crippen LogP) is 5.32. The van der Waals surface area contributed by atoms with Crippen molar-refractivity contribution < 1.29 is 14.3 Å². The number of carbonyl (C=O) groups is 2. The lowest BCUT2D eigenvalue weighted by molar-refractivity contribution is -0.117. The Morgan fingerprint density at radius 3 is 2.47 bits per heavy atom. The van der Waals surface area contributed by atoms with E-state index in [0.29, 0.717) is 10.2 Å². The van der Waals surface area contributed by atoms with Crippen molar-refractivity contribution in [1.82, 2.24) is 20.1 Å². The van der Waals surface area contributed by atoms with Crippen molar-refractivity contribution in [3.8, 4) is 11.4 Å². The number of benzene rings is 1. The van der Waals surface area contributed by atoms with Crippen LogP contribution in [0, 0.1) is 0 Å². The summed E-state index contributed by atoms with van der Waals surface area (Å²) >= 11 is 7.26. The smallest absolute Gasteiger partial charge is 0.413 e. The van der Waals surface area contributed by atoms with E-state index in [1.807, 2.05) is 28.8 Å². The Morgan fingerprint density at radius 1 is 1.07 bits per heavy atom. The fourth-order valence-corrected chi connectivity index (χ4v) is 3.80. The molecule has 2 rings (SSSR count). The zero-order valence-electron chi connectivity index (χ0n) is 17.5. The molecule has 1 aromatic carbocycles. The summed E-state index contributed by atoms with van der Waals surface area (Å²) in [5.41, 5.74) is 0.917. The molecule has 1 N–H and O–H groups in total. The van der Waals surface area contributed by atoms with E-state index in [4.69, 9.17) is 16.3 Å². The summed E-state index contributed by atoms with van der Waals surface area (Å²) in [7, 11) is 0. The zero-order chi connectivity index (χ0) is 21.8. The van der Waals surface area contributed by atoms with E-state index >= 15 is 0 Å². The molecule has 2 aromatic rings. The fraction of sp³-hybridized carbons (Fsp3) is 0.524. The first-order chi connectivity index (χ1) is 14.5. The average molecular weight is 453 g/mol. The van der Waals surface area contributed by atoms with E-state index in [2.05, 4.69) is 22.4 Å². The number of imide groups is 1. The van der Waals surface area contributed by atoms with Crippen molar-refractivity contribution in [2.24, 2.45) is 0 Å². The Bertz CT molecular complexity index is 811. The largest absolute Gasteiger partial charge is 0.450 e. The van der Waals surface area contributed by atoms with E-state index in [-0.39, 0.29) is 12.4 Å². The summed E-state index contributed by atoms with van der Waals surface area (Å²) in [5.74, 6) is 0.364. The summed E-state index contributed by atoms with van der Waals surface area (Å²) in [6.07, 6.45) is 6.34. The Balaban J connectivity index is 2.05. The van der Waals surface area contributed by atoms with Gasteiger partial charge in [0, 0.05) is 17.1 Å². The van der Waals surface area contributed by atoms with Crippen molar-refractivity contribution >= 4 is 35.4 Å². The molecular weight excluding hydrogens is 424 g/mol. The molecule has 0 unspecified atom stereocenters. The number of thioether (sulfide) groups is 1. The summed E-state index contributed by atoms with van der Waals surface area (Å²) in [6.45, 7) is 4.86. The molecule has 1 heterocycles. The van der Waals surface area contributed by atoms with Gasteiger partial charge in [-0.2, -0.15) is 0 Å². The van der Waals surface area contributed by atoms with Crippen LogP contribution in [0.1, 0.15) is 52.4 Å². The van der Waals surface area contributed by atoms with E-state index < -0.39 is 12.0 Å². The minimum atomic E-state index is -0.738. The second kappa shape index (κ2) is 13.3. The normalized spacial score (nSPS) is 10.8. The van der Waals surface area contributed by atoms with Crippen molar-refractivity contribution in [1.29, 1.82) is 0 Å². The van der Waals surface area contributed by atoms with Crippen LogP contribution in [0.2, 0.25) is 5.02 Å². The van der Waals surface area contributed by atoms with Gasteiger partial charge in [-0.1, -0.05) is 62.4 Å². The first kappa shape index (κ1) is 24.2. The molecule has 164 valence electrons. The van der Waals surface area contributed by atoms with Gasteiger partial charge in [0.2, 0.25) is 5.91 Å². The number of ether oxygens (including phenoxy) is 1. The zero-order valence-corrected chi connectivity index (χ0v) is 19.1. The maximum Gasteiger partial charge on any atom is 0.413 e. The number of hydrogen-bond acceptors (Lipinski definition) is 6. The van der Waals surface area contributed by atoms with Crippen LogP contribution in [0.5, 0.6) is 0 Å². The number of halogens is 1. The quantitative estimate of drug-likeness (QED) is 0.346. The Labute approximate surface area is 186 Å². The van der Waals surface area contributed by atoms with E-state index in [9.17, 15) is 9.59 Å². The van der Waals surface area contributed by atoms with Gasteiger partial charge in [-0.25, -0.2) is 4.79 Å². The maximum absolute atomic E-state index is 12.0. The highest BCUT2D eigenvalue weighted by atomic mass is 35.5. The molecule has 0 bridgehead atoms. The summed E-state index contributed by atoms with van der Waals surface area (Å²) < 4.78 is 6.76. The lowest BCUT2D eigenvalue weighted by Crippen LogP contribution is -2.32. The monoisotopic (exact) mass is 452 g/mol. The van der Waals surface area contributed by atoms with Gasteiger partial charge in [-0.15, -0.1) is 10.2 Å². The minimum Gasteiger partial charge on any atom is -0.450 e. The molecule has 0 saturated carbocycles. The highest BCUT2D eigenvalue weighted by Crippen LogP contribution is 2.26. The number of unbranched alkanes of at least 4 members (excludes halogenated alkanes) is 5. The second-order valence-electron chi connectivity index (χ2n) is 6.79. The molecule has 1 aromatic heterocycles. The van der Waals surface area contributed by atoms with Gasteiger partial charge in [-0.3, -0.25) is 10.1 Å². The van der Waals surface area contributed by atoms with Crippen molar-refractivity contribution in [3.63, 3.8) is 0 Å². The lowest BCUT2D eigenvalue weighted by Gasteiger charge is -2.10. The van der Waals surface area contributed by atoms with E-state index in [0.717, 1.165) is 30.8 Å². The predicted molar refractivity (Wildman–Crippen MR) is 120 cm³/mol. The van der Waals surface area contributed by atoms with Gasteiger partial charge in [0.05, 0.1) is 12.4 Å². The van der Waals surface area contributed by atoms with Gasteiger partial charge in [0.15, 0.2) is 11.0 Å². The third-order valence-electron chi connectivity index (χ3n) is 4.40. The molecular formula is C21H29ClN4O3S. The standard InChI is InChI=1S/C21H29ClN4O3S/c1-3-5-6-7-8-9-14-26-19(16-10-12-17(22)13-11-16)24-25-20(26)30-15-18(27)23-21(28)29-4-2/h10-13H,3-9,14-15H2,1-2H3,(H,23,27,28). The van der Waals surface area contributed by atoms with Crippen LogP contribution in [0.15, 0.2) is 29.4 Å². The number of nitrogens with one attached hydrogen (secondary N) is 1. The molecule has 0 spiro atoms. The highest BCUT2D eigenvalue weighted by molar-refractivity contribution is 7.99. The van der Waals surface area contributed by atoms with Gasteiger partial charge in [-0.05, 0) is 37.6 Å². The molecule has 0 aliphatic carbocycles. The van der Waals surface area contributed by atoms with Crippen LogP contribution in [-0.4, -0.2) is 39.1 Å². The molecule has 0 aliphatic heterocycles. The molecule has 9 heteroatoms. The van der Waals surface area contributed by atoms with Crippen LogP contribution >= 0.6 is 23.4 Å². The molecule has 0 fully saturated rings. The molecule has 2 amide bonds. The first-order valence-corrected chi connectivity index (χ1v) is 11.7. The van der Waals surface area contributed by atoms with Crippen LogP contribution in [0.25, 0.3) is 11.4 Å². The minimum absolute atomic E-state index is 0.0497. The van der Waals surface area contributed by atoms with Crippen LogP contribution in [0.4, 0.5) is 4.79 Å². The third kappa shape index (κ3) is 7.99. The SMILES string of the molecule is CCCCCCCCn1c(SCC(=O)NC(=O)OCC)nnc1-c1ccc(Cl)cc1. The van der Waals surface area contributed by atoms with Crippen LogP contribution < -0.4 is 5.32 Å². The maximum atomic E-state index is 12.0. The lowest BCUT2D eigenvalue weighted by atomic mass is 10.1. The average Bonchev–Trinajstić information content (AvgIpc) is 3.12. The van der Waals surface area contributed by atoms with E-state index in [1.165, 1.54) is 37.4 Å². The Morgan fingerprint density at radius 2 is 1.77 bits per heavy atom. The molecule has 0 saturated heterocycles. The number of nitrogens with zero attached hydrogens (tertiary/aromatic N) is 3. The van der Waals surface area contributed by atoms with Gasteiger partial charge < -0.3 is 9.30 Å². The number of hydrogen-bond donors (Lipinski definition) is 1. The topological polar surface area (TPSA) is 86.1 Å². The summed E-state index contributed by atoms with van der Waals surface area (Å²) in [4.78, 5) is 23.4. The van der Waals surface area contributed by atoms with Gasteiger partial charge in [0.1, 0.15) is 0 Å². The Kier molecular flexibility index (Phi) is 10.7. The second-order valence-corrected chi connectivity index (χ2v) is 8.17. The number of alkyl carbamates (subject to hydrolysis) is 1. The first-order valence-electron chi connectivity index (χ1n) is 10.3. The third-order valence-corrected chi connectivity index (χ3v) is 5.62. The van der Waals surface area contributed by atoms with Gasteiger partial charge >= 0.3 is 6.09 Å². The van der Waals surface area contributed by atoms with Crippen molar-refractivity contribution in [2.75, 3.05) is 12.4 Å². The Hall–Kier alpha value is -2.06. The number of carbonyl (C=O) groups excluding carboxylic acids is 2. The fourth-order valence-electron chi connectivity index (χ4n) is 2.91. The van der Waals surface area contributed by atoms with Crippen LogP contribution in [-0.2, 0) is 16.1 Å². The van der Waals surface area contributed by atoms with Crippen molar-refractivity contribution in [2.45, 2.75) is 64.1 Å². The number of aromatic nitrogens is 3. The van der Waals surface area contributed by atoms with Crippen LogP contribution in [0.3, 0.4) is 0 Å². The van der Waals surface area contributed by atoms with E-state index in [1.54, 1.807) is 6.92 Å². The summed E-state index contributed by atoms with van der Waals surface area (Å²) in [6, 6.07) is 7.46. The highest BCUT2D eigenvalue weighted by Gasteiger charge is 2.16. The number of rotatable bonds is 12. The number of amides is 2. The molecule has 30 heavy (non-hydrogen) atoms. The molecule has 7 nitrogen and oxygen atoms in total. The van der Waals surface area contributed by atoms with Gasteiger partial charge in [0.25, 0.3) is 0 Å². The molecule has 0 radical (unpaired) electrons. The molecule has 0 atom stereocenters. The summed E-state index contributed by atoms with van der Waals surface area (Å²) in [5, 5.41) is 12.1.